The van der Waals surface area contributed by atoms with Crippen molar-refractivity contribution in [2.45, 2.75) is 13.0 Å². The molecule has 4 heteroatoms. The number of hydrogen-bond acceptors (Lipinski definition) is 3. The molecule has 3 N–H and O–H groups in total. The summed E-state index contributed by atoms with van der Waals surface area (Å²) in [6.07, 6.45) is -0.285. The van der Waals surface area contributed by atoms with Crippen LogP contribution in [0.2, 0.25) is 0 Å². The standard InChI is InChI=1S/C17H21NO3/c1-14(19)13-18-10-11-20-16-8-5-9-17(12-16)21-15-6-3-2-4-7-15/h2-9,12,14,18-19H,10-11,13H2,1H3/p+1/t14-/m1/s1. The number of ether oxygens (including phenoxy) is 2. The molecule has 0 saturated carbocycles. The number of aliphatic hydroxyl groups is 1. The van der Waals surface area contributed by atoms with E-state index in [9.17, 15) is 0 Å². The summed E-state index contributed by atoms with van der Waals surface area (Å²) in [6, 6.07) is 17.3. The second-order valence-electron chi connectivity index (χ2n) is 4.90. The lowest BCUT2D eigenvalue weighted by molar-refractivity contribution is -0.661. The SMILES string of the molecule is C[C@@H](O)C[NH2+]CCOc1cccc(Oc2ccccc2)c1. The molecule has 0 spiro atoms. The van der Waals surface area contributed by atoms with E-state index in [2.05, 4.69) is 0 Å². The van der Waals surface area contributed by atoms with E-state index in [1.807, 2.05) is 59.9 Å². The predicted molar refractivity (Wildman–Crippen MR) is 81.8 cm³/mol. The molecule has 0 aromatic heterocycles. The van der Waals surface area contributed by atoms with Crippen molar-refractivity contribution in [1.82, 2.24) is 0 Å². The highest BCUT2D eigenvalue weighted by atomic mass is 16.5. The van der Waals surface area contributed by atoms with Gasteiger partial charge in [-0.2, -0.15) is 0 Å². The summed E-state index contributed by atoms with van der Waals surface area (Å²) in [4.78, 5) is 0. The Bertz CT molecular complexity index is 529. The van der Waals surface area contributed by atoms with Crippen LogP contribution in [0.5, 0.6) is 17.2 Å². The molecular formula is C17H22NO3+. The van der Waals surface area contributed by atoms with Gasteiger partial charge >= 0.3 is 0 Å². The fourth-order valence-electron chi connectivity index (χ4n) is 1.87. The highest BCUT2D eigenvalue weighted by Gasteiger charge is 2.01. The van der Waals surface area contributed by atoms with Crippen LogP contribution >= 0.6 is 0 Å². The molecule has 0 amide bonds. The van der Waals surface area contributed by atoms with Crippen molar-refractivity contribution in [3.8, 4) is 17.2 Å². The molecule has 0 unspecified atom stereocenters. The maximum absolute atomic E-state index is 9.16. The molecule has 0 heterocycles. The number of nitrogens with two attached hydrogens (primary N) is 1. The molecule has 21 heavy (non-hydrogen) atoms. The molecular weight excluding hydrogens is 266 g/mol. The maximum Gasteiger partial charge on any atom is 0.137 e. The molecule has 0 bridgehead atoms. The van der Waals surface area contributed by atoms with E-state index in [4.69, 9.17) is 14.6 Å². The van der Waals surface area contributed by atoms with Crippen molar-refractivity contribution >= 4 is 0 Å². The Morgan fingerprint density at radius 1 is 1.00 bits per heavy atom. The quantitative estimate of drug-likeness (QED) is 0.728. The van der Waals surface area contributed by atoms with Gasteiger partial charge in [-0.1, -0.05) is 24.3 Å². The Labute approximate surface area is 125 Å². The summed E-state index contributed by atoms with van der Waals surface area (Å²) in [5.41, 5.74) is 0. The first-order valence-electron chi connectivity index (χ1n) is 7.19. The lowest BCUT2D eigenvalue weighted by Gasteiger charge is -2.09. The molecule has 0 fully saturated rings. The lowest BCUT2D eigenvalue weighted by Crippen LogP contribution is -2.87. The summed E-state index contributed by atoms with van der Waals surface area (Å²) in [5, 5.41) is 11.2. The Hall–Kier alpha value is -2.04. The maximum atomic E-state index is 9.16. The number of para-hydroxylation sites is 1. The summed E-state index contributed by atoms with van der Waals surface area (Å²) >= 11 is 0. The zero-order valence-electron chi connectivity index (χ0n) is 12.2. The number of aliphatic hydroxyl groups excluding tert-OH is 1. The van der Waals surface area contributed by atoms with Gasteiger partial charge in [0, 0.05) is 6.07 Å². The lowest BCUT2D eigenvalue weighted by atomic mass is 10.3. The fraction of sp³-hybridized carbons (Fsp3) is 0.294. The first-order valence-corrected chi connectivity index (χ1v) is 7.19. The van der Waals surface area contributed by atoms with Crippen LogP contribution in [0.25, 0.3) is 0 Å². The van der Waals surface area contributed by atoms with Crippen LogP contribution in [0.15, 0.2) is 54.6 Å². The second-order valence-corrected chi connectivity index (χ2v) is 4.90. The average molecular weight is 288 g/mol. The smallest absolute Gasteiger partial charge is 0.137 e. The van der Waals surface area contributed by atoms with Crippen LogP contribution < -0.4 is 14.8 Å². The Kier molecular flexibility index (Phi) is 6.06. The molecule has 0 aliphatic rings. The van der Waals surface area contributed by atoms with E-state index in [0.717, 1.165) is 23.8 Å². The van der Waals surface area contributed by atoms with Gasteiger partial charge in [0.25, 0.3) is 0 Å². The van der Waals surface area contributed by atoms with E-state index in [-0.39, 0.29) is 6.10 Å². The third kappa shape index (κ3) is 5.85. The van der Waals surface area contributed by atoms with E-state index in [1.54, 1.807) is 6.92 Å². The Morgan fingerprint density at radius 3 is 2.48 bits per heavy atom. The van der Waals surface area contributed by atoms with Crippen molar-refractivity contribution in [2.75, 3.05) is 19.7 Å². The molecule has 4 nitrogen and oxygen atoms in total. The molecule has 0 radical (unpaired) electrons. The molecule has 0 aliphatic heterocycles. The highest BCUT2D eigenvalue weighted by molar-refractivity contribution is 5.36. The van der Waals surface area contributed by atoms with Gasteiger partial charge in [-0.25, -0.2) is 0 Å². The van der Waals surface area contributed by atoms with Crippen LogP contribution in [0, 0.1) is 0 Å². The van der Waals surface area contributed by atoms with Crippen LogP contribution in [0.1, 0.15) is 6.92 Å². The van der Waals surface area contributed by atoms with Gasteiger partial charge in [0.2, 0.25) is 0 Å². The first-order chi connectivity index (χ1) is 10.2. The van der Waals surface area contributed by atoms with Gasteiger partial charge in [0.15, 0.2) is 0 Å². The van der Waals surface area contributed by atoms with Crippen LogP contribution in [0.3, 0.4) is 0 Å². The highest BCUT2D eigenvalue weighted by Crippen LogP contribution is 2.24. The largest absolute Gasteiger partial charge is 0.488 e. The van der Waals surface area contributed by atoms with Gasteiger partial charge in [-0.15, -0.1) is 0 Å². The van der Waals surface area contributed by atoms with Gasteiger partial charge in [0.05, 0.1) is 6.10 Å². The summed E-state index contributed by atoms with van der Waals surface area (Å²) in [7, 11) is 0. The second kappa shape index (κ2) is 8.29. The van der Waals surface area contributed by atoms with Crippen molar-refractivity contribution in [3.05, 3.63) is 54.6 Å². The zero-order valence-corrected chi connectivity index (χ0v) is 12.2. The predicted octanol–water partition coefficient (Wildman–Crippen LogP) is 1.80. The minimum atomic E-state index is -0.285. The Morgan fingerprint density at radius 2 is 1.71 bits per heavy atom. The molecule has 0 saturated heterocycles. The Balaban J connectivity index is 1.81. The molecule has 0 aliphatic carbocycles. The third-order valence-electron chi connectivity index (χ3n) is 2.88. The molecule has 1 atom stereocenters. The monoisotopic (exact) mass is 288 g/mol. The van der Waals surface area contributed by atoms with E-state index < -0.39 is 0 Å². The number of hydrogen-bond donors (Lipinski definition) is 2. The zero-order chi connectivity index (χ0) is 14.9. The molecule has 112 valence electrons. The van der Waals surface area contributed by atoms with E-state index in [0.29, 0.717) is 13.2 Å². The fourth-order valence-corrected chi connectivity index (χ4v) is 1.87. The summed E-state index contributed by atoms with van der Waals surface area (Å²) in [5.74, 6) is 2.35. The van der Waals surface area contributed by atoms with Crippen molar-refractivity contribution in [2.24, 2.45) is 0 Å². The average Bonchev–Trinajstić information content (AvgIpc) is 2.48. The van der Waals surface area contributed by atoms with Crippen LogP contribution in [-0.2, 0) is 0 Å². The van der Waals surface area contributed by atoms with Crippen molar-refractivity contribution < 1.29 is 19.9 Å². The van der Waals surface area contributed by atoms with Crippen LogP contribution in [-0.4, -0.2) is 30.9 Å². The van der Waals surface area contributed by atoms with Gasteiger partial charge in [0.1, 0.15) is 36.9 Å². The number of rotatable bonds is 8. The normalized spacial score (nSPS) is 11.9. The number of quaternary nitrogens is 1. The molecule has 2 aromatic carbocycles. The van der Waals surface area contributed by atoms with Gasteiger partial charge < -0.3 is 19.9 Å². The van der Waals surface area contributed by atoms with Crippen LogP contribution in [0.4, 0.5) is 0 Å². The minimum absolute atomic E-state index is 0.285. The van der Waals surface area contributed by atoms with Crippen molar-refractivity contribution in [3.63, 3.8) is 0 Å². The first kappa shape index (κ1) is 15.4. The van der Waals surface area contributed by atoms with Gasteiger partial charge in [-0.3, -0.25) is 0 Å². The minimum Gasteiger partial charge on any atom is -0.488 e. The van der Waals surface area contributed by atoms with Crippen molar-refractivity contribution in [1.29, 1.82) is 0 Å². The molecule has 2 rings (SSSR count). The summed E-state index contributed by atoms with van der Waals surface area (Å²) < 4.78 is 11.4. The number of benzene rings is 2. The van der Waals surface area contributed by atoms with Gasteiger partial charge in [-0.05, 0) is 31.2 Å². The topological polar surface area (TPSA) is 55.3 Å². The summed E-state index contributed by atoms with van der Waals surface area (Å²) in [6.45, 7) is 3.89. The van der Waals surface area contributed by atoms with E-state index in [1.165, 1.54) is 0 Å². The molecule has 2 aromatic rings. The third-order valence-corrected chi connectivity index (χ3v) is 2.88. The van der Waals surface area contributed by atoms with E-state index >= 15 is 0 Å².